The molecular weight excluding hydrogens is 225 g/mol. The number of hydrogen-bond donors (Lipinski definition) is 0. The minimum Gasteiger partial charge on any atom is -0.464 e. The van der Waals surface area contributed by atoms with Crippen LogP contribution in [0.4, 0.5) is 13.2 Å². The molecule has 1 aromatic rings. The van der Waals surface area contributed by atoms with E-state index in [0.29, 0.717) is 6.20 Å². The van der Waals surface area contributed by atoms with Crippen molar-refractivity contribution in [2.45, 2.75) is 6.43 Å². The van der Waals surface area contributed by atoms with Gasteiger partial charge < -0.3 is 4.74 Å². The van der Waals surface area contributed by atoms with Crippen LogP contribution in [-0.2, 0) is 4.74 Å². The number of halogens is 3. The molecule has 0 amide bonds. The van der Waals surface area contributed by atoms with E-state index in [0.717, 1.165) is 7.11 Å². The van der Waals surface area contributed by atoms with Gasteiger partial charge in [0.05, 0.1) is 18.2 Å². The lowest BCUT2D eigenvalue weighted by atomic mass is 10.1. The lowest BCUT2D eigenvalue weighted by molar-refractivity contribution is 0.0586. The highest BCUT2D eigenvalue weighted by molar-refractivity contribution is 5.87. The molecule has 0 spiro atoms. The summed E-state index contributed by atoms with van der Waals surface area (Å²) >= 11 is 0. The Hall–Kier alpha value is -2.10. The molecule has 0 saturated heterocycles. The zero-order chi connectivity index (χ0) is 12.3. The van der Waals surface area contributed by atoms with Crippen molar-refractivity contribution in [3.8, 4) is 6.07 Å². The average molecular weight is 230 g/mol. The number of ether oxygens (including phenoxy) is 1. The summed E-state index contributed by atoms with van der Waals surface area (Å²) in [7, 11) is 0.962. The minimum absolute atomic E-state index is 0.611. The molecule has 4 nitrogen and oxygen atoms in total. The molecule has 84 valence electrons. The van der Waals surface area contributed by atoms with Crippen LogP contribution in [0, 0.1) is 17.1 Å². The van der Waals surface area contributed by atoms with Crippen molar-refractivity contribution in [1.82, 2.24) is 4.98 Å². The molecule has 0 atom stereocenters. The average Bonchev–Trinajstić information content (AvgIpc) is 2.26. The molecule has 0 aliphatic carbocycles. The summed E-state index contributed by atoms with van der Waals surface area (Å²) in [6.07, 6.45) is -2.50. The summed E-state index contributed by atoms with van der Waals surface area (Å²) in [6, 6.07) is 1.37. The fourth-order valence-corrected chi connectivity index (χ4v) is 1.04. The third-order valence-electron chi connectivity index (χ3n) is 1.77. The van der Waals surface area contributed by atoms with Gasteiger partial charge in [0.1, 0.15) is 6.07 Å². The molecule has 1 heterocycles. The maximum atomic E-state index is 13.4. The largest absolute Gasteiger partial charge is 0.464 e. The standard InChI is InChI=1S/C9H5F3N2O2/c1-16-9(15)7-6(10)5(8(11)12)4(2-13)3-14-7/h3,8H,1H3. The highest BCUT2D eigenvalue weighted by atomic mass is 19.3. The molecule has 16 heavy (non-hydrogen) atoms. The van der Waals surface area contributed by atoms with Crippen molar-refractivity contribution >= 4 is 5.97 Å². The Labute approximate surface area is 88.3 Å². The Morgan fingerprint density at radius 3 is 2.69 bits per heavy atom. The van der Waals surface area contributed by atoms with E-state index in [-0.39, 0.29) is 0 Å². The maximum Gasteiger partial charge on any atom is 0.359 e. The van der Waals surface area contributed by atoms with E-state index in [2.05, 4.69) is 9.72 Å². The first-order chi connectivity index (χ1) is 7.52. The quantitative estimate of drug-likeness (QED) is 0.727. The Balaban J connectivity index is 3.45. The lowest BCUT2D eigenvalue weighted by Crippen LogP contribution is -2.11. The van der Waals surface area contributed by atoms with Gasteiger partial charge >= 0.3 is 5.97 Å². The summed E-state index contributed by atoms with van der Waals surface area (Å²) in [6.45, 7) is 0. The van der Waals surface area contributed by atoms with E-state index in [9.17, 15) is 18.0 Å². The highest BCUT2D eigenvalue weighted by Gasteiger charge is 2.25. The van der Waals surface area contributed by atoms with Crippen LogP contribution in [0.2, 0.25) is 0 Å². The van der Waals surface area contributed by atoms with Crippen LogP contribution >= 0.6 is 0 Å². The van der Waals surface area contributed by atoms with E-state index in [1.165, 1.54) is 6.07 Å². The van der Waals surface area contributed by atoms with Crippen LogP contribution in [0.3, 0.4) is 0 Å². The van der Waals surface area contributed by atoms with Crippen LogP contribution in [0.5, 0.6) is 0 Å². The first-order valence-corrected chi connectivity index (χ1v) is 3.97. The monoisotopic (exact) mass is 230 g/mol. The number of alkyl halides is 2. The minimum atomic E-state index is -3.21. The molecule has 7 heteroatoms. The van der Waals surface area contributed by atoms with E-state index >= 15 is 0 Å². The second-order valence-corrected chi connectivity index (χ2v) is 2.65. The summed E-state index contributed by atoms with van der Waals surface area (Å²) in [5.41, 5.74) is -2.62. The third-order valence-corrected chi connectivity index (χ3v) is 1.77. The van der Waals surface area contributed by atoms with Gasteiger partial charge in [0.2, 0.25) is 0 Å². The number of hydrogen-bond acceptors (Lipinski definition) is 4. The number of aromatic nitrogens is 1. The molecule has 1 aromatic heterocycles. The van der Waals surface area contributed by atoms with Crippen molar-refractivity contribution < 1.29 is 22.7 Å². The Bertz CT molecular complexity index is 469. The molecule has 0 N–H and O–H groups in total. The number of pyridine rings is 1. The van der Waals surface area contributed by atoms with Crippen molar-refractivity contribution in [2.24, 2.45) is 0 Å². The smallest absolute Gasteiger partial charge is 0.359 e. The topological polar surface area (TPSA) is 63.0 Å². The SMILES string of the molecule is COC(=O)c1ncc(C#N)c(C(F)F)c1F. The summed E-state index contributed by atoms with van der Waals surface area (Å²) in [5, 5.41) is 8.47. The molecular formula is C9H5F3N2O2. The molecule has 0 fully saturated rings. The molecule has 0 aromatic carbocycles. The van der Waals surface area contributed by atoms with Crippen LogP contribution in [-0.4, -0.2) is 18.1 Å². The summed E-state index contributed by atoms with van der Waals surface area (Å²) in [4.78, 5) is 14.2. The molecule has 0 saturated carbocycles. The number of esters is 1. The van der Waals surface area contributed by atoms with Crippen LogP contribution in [0.15, 0.2) is 6.20 Å². The molecule has 0 bridgehead atoms. The highest BCUT2D eigenvalue weighted by Crippen LogP contribution is 2.26. The number of carbonyl (C=O) groups is 1. The van der Waals surface area contributed by atoms with E-state index < -0.39 is 35.0 Å². The number of nitriles is 1. The number of methoxy groups -OCH3 is 1. The van der Waals surface area contributed by atoms with Crippen molar-refractivity contribution in [3.63, 3.8) is 0 Å². The van der Waals surface area contributed by atoms with Gasteiger partial charge in [-0.1, -0.05) is 0 Å². The van der Waals surface area contributed by atoms with Gasteiger partial charge in [-0.2, -0.15) is 5.26 Å². The number of nitrogens with zero attached hydrogens (tertiary/aromatic N) is 2. The molecule has 0 aliphatic heterocycles. The number of carbonyl (C=O) groups excluding carboxylic acids is 1. The van der Waals surface area contributed by atoms with Gasteiger partial charge in [0, 0.05) is 6.20 Å². The van der Waals surface area contributed by atoms with Crippen molar-refractivity contribution in [3.05, 3.63) is 28.8 Å². The van der Waals surface area contributed by atoms with Crippen molar-refractivity contribution in [2.75, 3.05) is 7.11 Å². The zero-order valence-electron chi connectivity index (χ0n) is 8.00. The van der Waals surface area contributed by atoms with Crippen LogP contribution in [0.25, 0.3) is 0 Å². The van der Waals surface area contributed by atoms with Gasteiger partial charge in [0.25, 0.3) is 6.43 Å². The Morgan fingerprint density at radius 2 is 2.25 bits per heavy atom. The fraction of sp³-hybridized carbons (Fsp3) is 0.222. The molecule has 1 rings (SSSR count). The Kier molecular flexibility index (Phi) is 3.45. The van der Waals surface area contributed by atoms with Gasteiger partial charge in [0.15, 0.2) is 11.5 Å². The predicted octanol–water partition coefficient (Wildman–Crippen LogP) is 1.82. The molecule has 0 radical (unpaired) electrons. The number of rotatable bonds is 2. The normalized spacial score (nSPS) is 10.0. The van der Waals surface area contributed by atoms with Crippen molar-refractivity contribution in [1.29, 1.82) is 5.26 Å². The summed E-state index contributed by atoms with van der Waals surface area (Å²) < 4.78 is 42.5. The molecule has 0 unspecified atom stereocenters. The van der Waals surface area contributed by atoms with Gasteiger partial charge in [-0.05, 0) is 0 Å². The van der Waals surface area contributed by atoms with E-state index in [1.54, 1.807) is 0 Å². The lowest BCUT2D eigenvalue weighted by Gasteiger charge is -2.06. The van der Waals surface area contributed by atoms with Crippen LogP contribution < -0.4 is 0 Å². The molecule has 0 aliphatic rings. The van der Waals surface area contributed by atoms with E-state index in [1.807, 2.05) is 0 Å². The van der Waals surface area contributed by atoms with Gasteiger partial charge in [-0.15, -0.1) is 0 Å². The third kappa shape index (κ3) is 1.95. The first kappa shape index (κ1) is 12.0. The second-order valence-electron chi connectivity index (χ2n) is 2.65. The van der Waals surface area contributed by atoms with Crippen LogP contribution in [0.1, 0.15) is 28.0 Å². The van der Waals surface area contributed by atoms with E-state index in [4.69, 9.17) is 5.26 Å². The fourth-order valence-electron chi connectivity index (χ4n) is 1.04. The Morgan fingerprint density at radius 1 is 1.62 bits per heavy atom. The zero-order valence-corrected chi connectivity index (χ0v) is 8.00. The van der Waals surface area contributed by atoms with Gasteiger partial charge in [-0.25, -0.2) is 22.9 Å². The first-order valence-electron chi connectivity index (χ1n) is 3.97. The van der Waals surface area contributed by atoms with Gasteiger partial charge in [-0.3, -0.25) is 0 Å². The maximum absolute atomic E-state index is 13.4. The predicted molar refractivity (Wildman–Crippen MR) is 45.2 cm³/mol. The second kappa shape index (κ2) is 4.61. The summed E-state index contributed by atoms with van der Waals surface area (Å²) in [5.74, 6) is -2.70.